The molecule has 0 fully saturated rings. The van der Waals surface area contributed by atoms with Gasteiger partial charge in [0.25, 0.3) is 20.2 Å². The molecule has 0 aromatic heterocycles. The van der Waals surface area contributed by atoms with Crippen LogP contribution in [0.1, 0.15) is 84.3 Å². The van der Waals surface area contributed by atoms with Gasteiger partial charge in [0.15, 0.2) is 5.71 Å². The molecule has 4 amide bonds. The van der Waals surface area contributed by atoms with Gasteiger partial charge in [0.05, 0.1) is 34.4 Å². The molecule has 5 aromatic rings. The number of allylic oxidation sites excluding steroid dienone is 6. The first kappa shape index (κ1) is 73.6. The van der Waals surface area contributed by atoms with Crippen molar-refractivity contribution >= 4 is 156 Å². The number of carbonyl (C=O) groups excluding carboxylic acids is 4. The van der Waals surface area contributed by atoms with Crippen LogP contribution in [-0.4, -0.2) is 159 Å². The number of rotatable bonds is 33. The Balaban J connectivity index is 1.05. The molecule has 34 heteroatoms. The van der Waals surface area contributed by atoms with Crippen LogP contribution in [0.2, 0.25) is 0 Å². The molecule has 0 spiro atoms. The summed E-state index contributed by atoms with van der Waals surface area (Å²) in [7, 11) is -9.52. The van der Waals surface area contributed by atoms with E-state index in [0.717, 1.165) is 34.4 Å². The van der Waals surface area contributed by atoms with Gasteiger partial charge in [-0.15, -0.1) is 8.67 Å². The van der Waals surface area contributed by atoms with Crippen LogP contribution in [-0.2, 0) is 78.6 Å². The van der Waals surface area contributed by atoms with Gasteiger partial charge in [0.2, 0.25) is 11.6 Å². The molecule has 500 valence electrons. The van der Waals surface area contributed by atoms with Gasteiger partial charge < -0.3 is 20.4 Å². The van der Waals surface area contributed by atoms with Crippen LogP contribution >= 0.6 is 35.8 Å². The minimum atomic E-state index is -4.82. The summed E-state index contributed by atoms with van der Waals surface area (Å²) in [5, 5.41) is 56.0. The molecule has 2 heterocycles. The van der Waals surface area contributed by atoms with E-state index in [4.69, 9.17) is 15.6 Å². The number of fused-ring (bicyclic) bond motifs is 6. The van der Waals surface area contributed by atoms with Gasteiger partial charge in [-0.3, -0.25) is 23.5 Å². The Bertz CT molecular complexity index is 4050. The number of hydrogen-bond acceptors (Lipinski definition) is 22. The number of hydrogen-bond donors (Lipinski definition) is 12. The number of carboxylic acids is 2. The van der Waals surface area contributed by atoms with Crippen molar-refractivity contribution in [3.8, 4) is 0 Å². The molecule has 28 nitrogen and oxygen atoms in total. The molecule has 0 radical (unpaired) electrons. The fraction of sp³-hybridized carbons (Fsp3) is 0.339. The first-order valence-electron chi connectivity index (χ1n) is 28.3. The third kappa shape index (κ3) is 18.4. The first-order chi connectivity index (χ1) is 43.9. The van der Waals surface area contributed by atoms with E-state index in [0.29, 0.717) is 93.9 Å². The van der Waals surface area contributed by atoms with Crippen LogP contribution in [0.15, 0.2) is 128 Å². The minimum Gasteiger partial charge on any atom is -0.480 e. The van der Waals surface area contributed by atoms with E-state index in [1.807, 2.05) is 76.0 Å². The van der Waals surface area contributed by atoms with E-state index in [1.165, 1.54) is 42.5 Å². The second-order valence-corrected chi connectivity index (χ2v) is 29.8. The van der Waals surface area contributed by atoms with Crippen LogP contribution in [0.5, 0.6) is 0 Å². The van der Waals surface area contributed by atoms with E-state index in [9.17, 15) is 68.0 Å². The van der Waals surface area contributed by atoms with Crippen molar-refractivity contribution in [1.82, 2.24) is 16.0 Å². The Morgan fingerprint density at radius 1 is 0.720 bits per heavy atom. The summed E-state index contributed by atoms with van der Waals surface area (Å²) >= 11 is -1.12. The monoisotopic (exact) mass is 1450 g/mol. The van der Waals surface area contributed by atoms with Gasteiger partial charge >= 0.3 is 142 Å². The molecule has 0 saturated heterocycles. The number of nitrogens with one attached hydrogen (secondary N) is 4. The SMILES string of the molecule is CC[N+]1=C(/C=C/C=C/C=C2/N(CCCCCC(=O)N[C@@H](CCC(=O)N[C@@H](CSCC(=O)Nc3ccc([As](O)O)cc3)C(=O)NCC(=O)O)C(=O)O)c3ccc4c(S(=O)(=O)O)cc(SOOO)cc4c3C2(C)C)C(C)(C)c2c1ccc1c(SOOO)cc(S(=O)(=O)O)cc21. The third-order valence-electron chi connectivity index (χ3n) is 15.3. The number of aliphatic carboxylic acids is 2. The number of nitrogens with zero attached hydrogens (tertiary/aromatic N) is 2. The molecule has 2 atom stereocenters. The summed E-state index contributed by atoms with van der Waals surface area (Å²) in [4.78, 5) is 77.2. The fourth-order valence-electron chi connectivity index (χ4n) is 11.2. The number of anilines is 2. The molecule has 0 bridgehead atoms. The Morgan fingerprint density at radius 3 is 2.03 bits per heavy atom. The normalized spacial score (nSPS) is 15.5. The maximum atomic E-state index is 13.3. The van der Waals surface area contributed by atoms with E-state index < -0.39 is 123 Å². The van der Waals surface area contributed by atoms with E-state index >= 15 is 0 Å². The van der Waals surface area contributed by atoms with Crippen molar-refractivity contribution in [2.75, 3.05) is 41.4 Å². The molecule has 0 unspecified atom stereocenters. The van der Waals surface area contributed by atoms with Gasteiger partial charge in [0, 0.05) is 69.1 Å². The second-order valence-electron chi connectivity index (χ2n) is 22.1. The second kappa shape index (κ2) is 32.1. The molecular weight excluding hydrogens is 1380 g/mol. The molecule has 2 aliphatic rings. The van der Waals surface area contributed by atoms with E-state index in [1.54, 1.807) is 24.3 Å². The van der Waals surface area contributed by atoms with Crippen LogP contribution < -0.4 is 30.5 Å². The number of benzene rings is 5. The predicted octanol–water partition coefficient (Wildman–Crippen LogP) is 6.18. The van der Waals surface area contributed by atoms with Gasteiger partial charge in [-0.25, -0.2) is 15.3 Å². The minimum absolute atomic E-state index is 0.110. The summed E-state index contributed by atoms with van der Waals surface area (Å²) < 4.78 is 102. The zero-order valence-corrected chi connectivity index (χ0v) is 56.4. The van der Waals surface area contributed by atoms with Crippen molar-refractivity contribution in [1.29, 1.82) is 0 Å². The standard InChI is InChI=1S/C59H67AsN6O22S5/c1-6-65-44-23-20-38-41(29-37(92(79,80)81)30-46(38)91-88-86-78)55(44)58(2,3)48(65)13-9-7-10-14-49-59(4,5)54-40-27-36(90-87-85-77)28-47(93(82,83)84)39(40)21-24-45(54)66(49)26-12-8-11-15-50(67)63-42(57(73)74)22-25-51(68)64-43(56(72)61-31-53(70)71)32-89-33-52(69)62-35-18-16-34(17-19-35)60(75)76/h7,9-10,13-14,16-21,23-24,27-30,42-43,75-76H,6,8,11-12,15,22,25-26,31-33H2,1-5H3,(H9-,61,62,63,64,67,68,69,70,71,72,73,74,77,78,79,80,81,82,83,84)/p+1/t42-,43-/m0/s1. The number of carboxylic acid groups (broad SMARTS) is 2. The molecule has 12 N–H and O–H groups in total. The average Bonchev–Trinajstić information content (AvgIpc) is 1.60. The molecular formula is C59H68AsN6O22S5+. The Labute approximate surface area is 552 Å². The van der Waals surface area contributed by atoms with Gasteiger partial charge in [-0.05, 0) is 104 Å². The molecule has 7 rings (SSSR count). The number of amides is 4. The fourth-order valence-corrected chi connectivity index (χ4v) is 15.3. The molecule has 5 aromatic carbocycles. The van der Waals surface area contributed by atoms with Crippen molar-refractivity contribution in [2.45, 2.75) is 116 Å². The summed E-state index contributed by atoms with van der Waals surface area (Å²) in [6, 6.07) is 15.3. The Hall–Kier alpha value is -6.76. The van der Waals surface area contributed by atoms with Crippen LogP contribution in [0.3, 0.4) is 0 Å². The smallest absolute Gasteiger partial charge is 0.480 e. The summed E-state index contributed by atoms with van der Waals surface area (Å²) in [5.41, 5.74) is 3.22. The summed E-state index contributed by atoms with van der Waals surface area (Å²) in [5.74, 6) is -6.01. The third-order valence-corrected chi connectivity index (χ3v) is 20.8. The van der Waals surface area contributed by atoms with Crippen LogP contribution in [0.25, 0.3) is 21.5 Å². The van der Waals surface area contributed by atoms with Gasteiger partial charge in [0.1, 0.15) is 24.0 Å². The van der Waals surface area contributed by atoms with Gasteiger partial charge in [-0.2, -0.15) is 21.4 Å². The predicted molar refractivity (Wildman–Crippen MR) is 346 cm³/mol. The van der Waals surface area contributed by atoms with Crippen molar-refractivity contribution in [3.05, 3.63) is 120 Å². The van der Waals surface area contributed by atoms with E-state index in [2.05, 4.69) is 44.6 Å². The molecule has 0 saturated carbocycles. The van der Waals surface area contributed by atoms with Crippen molar-refractivity contribution < 1.29 is 107 Å². The Kier molecular flexibility index (Phi) is 25.4. The number of carbonyl (C=O) groups is 6. The maximum absolute atomic E-state index is 13.3. The zero-order chi connectivity index (χ0) is 68.2. The van der Waals surface area contributed by atoms with Crippen molar-refractivity contribution in [3.63, 3.8) is 0 Å². The summed E-state index contributed by atoms with van der Waals surface area (Å²) in [6.07, 6.45) is 9.52. The van der Waals surface area contributed by atoms with Crippen LogP contribution in [0.4, 0.5) is 17.1 Å². The van der Waals surface area contributed by atoms with Crippen LogP contribution in [0, 0.1) is 0 Å². The molecule has 2 aliphatic heterocycles. The topological polar surface area (TPSA) is 424 Å². The van der Waals surface area contributed by atoms with E-state index in [-0.39, 0.29) is 33.1 Å². The zero-order valence-electron chi connectivity index (χ0n) is 50.4. The van der Waals surface area contributed by atoms with Gasteiger partial charge in [-0.1, -0.05) is 54.6 Å². The summed E-state index contributed by atoms with van der Waals surface area (Å²) in [6.45, 7) is 9.87. The Morgan fingerprint density at radius 2 is 1.39 bits per heavy atom. The molecule has 0 aliphatic carbocycles. The molecule has 93 heavy (non-hydrogen) atoms. The average molecular weight is 1450 g/mol. The number of thioether (sulfide) groups is 1. The quantitative estimate of drug-likeness (QED) is 0.00326. The van der Waals surface area contributed by atoms with Crippen molar-refractivity contribution in [2.24, 2.45) is 0 Å². The number of unbranched alkanes of at least 4 members (excludes halogenated alkanes) is 2. The first-order valence-corrected chi connectivity index (χ1v) is 36.5.